The smallest absolute Gasteiger partial charge is 0.303 e. The van der Waals surface area contributed by atoms with Crippen LogP contribution in [0.4, 0.5) is 0 Å². The van der Waals surface area contributed by atoms with E-state index in [0.717, 1.165) is 39.1 Å². The van der Waals surface area contributed by atoms with Gasteiger partial charge in [-0.2, -0.15) is 0 Å². The highest BCUT2D eigenvalue weighted by atomic mass is 16.5. The molecule has 2 fully saturated rings. The summed E-state index contributed by atoms with van der Waals surface area (Å²) >= 11 is 0. The SMILES string of the molecule is O=C(O)CCCC=CC[C@H]1COC[C@@H]1COC1CCCC1. The van der Waals surface area contributed by atoms with E-state index < -0.39 is 5.97 Å². The lowest BCUT2D eigenvalue weighted by molar-refractivity contribution is -0.137. The van der Waals surface area contributed by atoms with Gasteiger partial charge in [-0.15, -0.1) is 0 Å². The van der Waals surface area contributed by atoms with E-state index in [4.69, 9.17) is 14.6 Å². The summed E-state index contributed by atoms with van der Waals surface area (Å²) in [5.74, 6) is 0.369. The lowest BCUT2D eigenvalue weighted by Gasteiger charge is -2.19. The number of ether oxygens (including phenoxy) is 2. The number of hydrogen-bond donors (Lipinski definition) is 1. The summed E-state index contributed by atoms with van der Waals surface area (Å²) in [6, 6.07) is 0. The first-order chi connectivity index (χ1) is 10.3. The van der Waals surface area contributed by atoms with E-state index in [1.807, 2.05) is 0 Å². The summed E-state index contributed by atoms with van der Waals surface area (Å²) in [6.45, 7) is 2.49. The van der Waals surface area contributed by atoms with Crippen molar-refractivity contribution >= 4 is 5.97 Å². The summed E-state index contributed by atoms with van der Waals surface area (Å²) in [5, 5.41) is 8.57. The van der Waals surface area contributed by atoms with E-state index in [2.05, 4.69) is 12.2 Å². The van der Waals surface area contributed by atoms with Gasteiger partial charge >= 0.3 is 5.97 Å². The van der Waals surface area contributed by atoms with E-state index in [0.29, 0.717) is 17.9 Å². The molecule has 4 nitrogen and oxygen atoms in total. The first-order valence-electron chi connectivity index (χ1n) is 8.32. The van der Waals surface area contributed by atoms with Crippen molar-refractivity contribution in [2.75, 3.05) is 19.8 Å². The average Bonchev–Trinajstić information content (AvgIpc) is 3.11. The molecule has 4 heteroatoms. The van der Waals surface area contributed by atoms with Crippen LogP contribution in [0.25, 0.3) is 0 Å². The van der Waals surface area contributed by atoms with Gasteiger partial charge in [-0.25, -0.2) is 0 Å². The molecule has 2 aliphatic rings. The molecule has 1 saturated heterocycles. The summed E-state index contributed by atoms with van der Waals surface area (Å²) < 4.78 is 11.6. The standard InChI is InChI=1S/C17H28O4/c18-17(19)10-4-2-1-3-7-14-11-20-12-15(14)13-21-16-8-5-6-9-16/h1,3,14-16H,2,4-13H2,(H,18,19)/t14-,15+/m0/s1. The Labute approximate surface area is 127 Å². The maximum Gasteiger partial charge on any atom is 0.303 e. The number of carboxylic acids is 1. The van der Waals surface area contributed by atoms with Crippen LogP contribution < -0.4 is 0 Å². The number of rotatable bonds is 9. The third kappa shape index (κ3) is 6.18. The van der Waals surface area contributed by atoms with E-state index in [-0.39, 0.29) is 6.42 Å². The Balaban J connectivity index is 1.59. The lowest BCUT2D eigenvalue weighted by Crippen LogP contribution is -2.21. The van der Waals surface area contributed by atoms with E-state index in [9.17, 15) is 4.79 Å². The van der Waals surface area contributed by atoms with Crippen LogP contribution in [-0.4, -0.2) is 37.0 Å². The third-order valence-electron chi connectivity index (χ3n) is 4.55. The molecule has 1 heterocycles. The minimum absolute atomic E-state index is 0.259. The predicted octanol–water partition coefficient (Wildman–Crippen LogP) is 3.41. The molecule has 0 amide bonds. The van der Waals surface area contributed by atoms with Gasteiger partial charge in [-0.3, -0.25) is 4.79 Å². The Morgan fingerprint density at radius 1 is 1.19 bits per heavy atom. The molecule has 1 aliphatic carbocycles. The normalized spacial score (nSPS) is 26.9. The molecule has 1 N–H and O–H groups in total. The zero-order valence-corrected chi connectivity index (χ0v) is 12.8. The summed E-state index contributed by atoms with van der Waals surface area (Å²) in [7, 11) is 0. The fourth-order valence-corrected chi connectivity index (χ4v) is 3.16. The first-order valence-corrected chi connectivity index (χ1v) is 8.32. The van der Waals surface area contributed by atoms with Gasteiger partial charge in [0.25, 0.3) is 0 Å². The maximum atomic E-state index is 10.4. The van der Waals surface area contributed by atoms with Crippen molar-refractivity contribution in [1.82, 2.24) is 0 Å². The molecule has 21 heavy (non-hydrogen) atoms. The Kier molecular flexibility index (Phi) is 7.24. The Hall–Kier alpha value is -0.870. The lowest BCUT2D eigenvalue weighted by atomic mass is 9.93. The largest absolute Gasteiger partial charge is 0.481 e. The van der Waals surface area contributed by atoms with Gasteiger partial charge in [0.1, 0.15) is 0 Å². The number of unbranched alkanes of at least 4 members (excludes halogenated alkanes) is 1. The van der Waals surface area contributed by atoms with Crippen LogP contribution >= 0.6 is 0 Å². The third-order valence-corrected chi connectivity index (χ3v) is 4.55. The fourth-order valence-electron chi connectivity index (χ4n) is 3.16. The summed E-state index contributed by atoms with van der Waals surface area (Å²) in [5.41, 5.74) is 0. The molecule has 1 aliphatic heterocycles. The van der Waals surface area contributed by atoms with Crippen LogP contribution in [-0.2, 0) is 14.3 Å². The van der Waals surface area contributed by atoms with Crippen molar-refractivity contribution in [1.29, 1.82) is 0 Å². The van der Waals surface area contributed by atoms with Crippen molar-refractivity contribution in [3.63, 3.8) is 0 Å². The quantitative estimate of drug-likeness (QED) is 0.523. The molecule has 0 unspecified atom stereocenters. The molecule has 0 spiro atoms. The second-order valence-electron chi connectivity index (χ2n) is 6.29. The van der Waals surface area contributed by atoms with Crippen molar-refractivity contribution in [3.8, 4) is 0 Å². The van der Waals surface area contributed by atoms with Gasteiger partial charge in [0.2, 0.25) is 0 Å². The maximum absolute atomic E-state index is 10.4. The molecular formula is C17H28O4. The minimum Gasteiger partial charge on any atom is -0.481 e. The topological polar surface area (TPSA) is 55.8 Å². The van der Waals surface area contributed by atoms with Crippen molar-refractivity contribution < 1.29 is 19.4 Å². The van der Waals surface area contributed by atoms with Crippen LogP contribution in [0, 0.1) is 11.8 Å². The van der Waals surface area contributed by atoms with Crippen LogP contribution in [0.15, 0.2) is 12.2 Å². The zero-order valence-electron chi connectivity index (χ0n) is 12.8. The molecule has 0 bridgehead atoms. The molecule has 2 rings (SSSR count). The molecule has 1 saturated carbocycles. The van der Waals surface area contributed by atoms with E-state index in [1.54, 1.807) is 0 Å². The van der Waals surface area contributed by atoms with Gasteiger partial charge < -0.3 is 14.6 Å². The van der Waals surface area contributed by atoms with Gasteiger partial charge in [0, 0.05) is 12.3 Å². The van der Waals surface area contributed by atoms with Crippen molar-refractivity contribution in [2.24, 2.45) is 11.8 Å². The predicted molar refractivity (Wildman–Crippen MR) is 81.3 cm³/mol. The molecule has 120 valence electrons. The Morgan fingerprint density at radius 2 is 1.95 bits per heavy atom. The summed E-state index contributed by atoms with van der Waals surface area (Å²) in [4.78, 5) is 10.4. The second kappa shape index (κ2) is 9.21. The Bertz CT molecular complexity index is 334. The monoisotopic (exact) mass is 296 g/mol. The Morgan fingerprint density at radius 3 is 2.71 bits per heavy atom. The van der Waals surface area contributed by atoms with Crippen LogP contribution in [0.3, 0.4) is 0 Å². The van der Waals surface area contributed by atoms with Crippen molar-refractivity contribution in [3.05, 3.63) is 12.2 Å². The van der Waals surface area contributed by atoms with Crippen molar-refractivity contribution in [2.45, 2.75) is 57.5 Å². The van der Waals surface area contributed by atoms with Gasteiger partial charge in [-0.05, 0) is 38.0 Å². The number of allylic oxidation sites excluding steroid dienone is 2. The number of carbonyl (C=O) groups is 1. The van der Waals surface area contributed by atoms with Crippen LogP contribution in [0.2, 0.25) is 0 Å². The molecule has 0 aromatic rings. The van der Waals surface area contributed by atoms with Crippen LogP contribution in [0.1, 0.15) is 51.4 Å². The molecule has 0 radical (unpaired) electrons. The molecule has 0 aromatic heterocycles. The minimum atomic E-state index is -0.711. The highest BCUT2D eigenvalue weighted by Crippen LogP contribution is 2.27. The molecule has 2 atom stereocenters. The number of hydrogen-bond acceptors (Lipinski definition) is 3. The first kappa shape index (κ1) is 16.5. The molecule has 0 aromatic carbocycles. The van der Waals surface area contributed by atoms with E-state index in [1.165, 1.54) is 25.7 Å². The summed E-state index contributed by atoms with van der Waals surface area (Å²) in [6.07, 6.45) is 12.7. The number of aliphatic carboxylic acids is 1. The van der Waals surface area contributed by atoms with Gasteiger partial charge in [-0.1, -0.05) is 25.0 Å². The molecular weight excluding hydrogens is 268 g/mol. The van der Waals surface area contributed by atoms with Gasteiger partial charge in [0.05, 0.1) is 25.9 Å². The van der Waals surface area contributed by atoms with E-state index >= 15 is 0 Å². The second-order valence-corrected chi connectivity index (χ2v) is 6.29. The highest BCUT2D eigenvalue weighted by Gasteiger charge is 2.28. The highest BCUT2D eigenvalue weighted by molar-refractivity contribution is 5.66. The fraction of sp³-hybridized carbons (Fsp3) is 0.824. The van der Waals surface area contributed by atoms with Gasteiger partial charge in [0.15, 0.2) is 0 Å². The average molecular weight is 296 g/mol. The van der Waals surface area contributed by atoms with Crippen LogP contribution in [0.5, 0.6) is 0 Å². The zero-order chi connectivity index (χ0) is 14.9. The number of carboxylic acid groups (broad SMARTS) is 1.